The van der Waals surface area contributed by atoms with Crippen molar-refractivity contribution in [1.29, 1.82) is 0 Å². The standard InChI is InChI=1S/C19H17ClN2O3/c1-21(12-13-6-2-5-9-16(13)20)17(23)10-11-22-18(24)14-7-3-4-8-15(14)19(22)25/h2-9H,10-12H2,1H3. The van der Waals surface area contributed by atoms with Crippen molar-refractivity contribution in [2.45, 2.75) is 13.0 Å². The van der Waals surface area contributed by atoms with Gasteiger partial charge in [-0.15, -0.1) is 0 Å². The molecule has 0 radical (unpaired) electrons. The third kappa shape index (κ3) is 3.42. The SMILES string of the molecule is CN(Cc1ccccc1Cl)C(=O)CCN1C(=O)c2ccccc2C1=O. The summed E-state index contributed by atoms with van der Waals surface area (Å²) in [4.78, 5) is 39.6. The molecule has 6 heteroatoms. The van der Waals surface area contributed by atoms with E-state index in [0.717, 1.165) is 10.5 Å². The predicted octanol–water partition coefficient (Wildman–Crippen LogP) is 2.98. The van der Waals surface area contributed by atoms with E-state index >= 15 is 0 Å². The van der Waals surface area contributed by atoms with Gasteiger partial charge < -0.3 is 4.90 Å². The van der Waals surface area contributed by atoms with Gasteiger partial charge in [-0.2, -0.15) is 0 Å². The quantitative estimate of drug-likeness (QED) is 0.774. The Morgan fingerprint density at radius 2 is 1.56 bits per heavy atom. The number of benzene rings is 2. The Balaban J connectivity index is 1.60. The Hall–Kier alpha value is -2.66. The molecule has 1 aliphatic rings. The molecule has 2 aromatic carbocycles. The molecule has 3 amide bonds. The Kier molecular flexibility index (Phi) is 4.86. The first-order valence-electron chi connectivity index (χ1n) is 7.91. The van der Waals surface area contributed by atoms with Crippen LogP contribution in [-0.4, -0.2) is 41.1 Å². The van der Waals surface area contributed by atoms with Crippen molar-refractivity contribution in [3.05, 3.63) is 70.2 Å². The Morgan fingerprint density at radius 1 is 1.00 bits per heavy atom. The number of halogens is 1. The van der Waals surface area contributed by atoms with Crippen LogP contribution in [0.2, 0.25) is 5.02 Å². The molecule has 0 atom stereocenters. The van der Waals surface area contributed by atoms with Crippen LogP contribution in [0.25, 0.3) is 0 Å². The summed E-state index contributed by atoms with van der Waals surface area (Å²) in [5, 5.41) is 0.600. The fourth-order valence-corrected chi connectivity index (χ4v) is 3.01. The number of hydrogen-bond donors (Lipinski definition) is 0. The number of rotatable bonds is 5. The van der Waals surface area contributed by atoms with Crippen molar-refractivity contribution in [2.24, 2.45) is 0 Å². The second kappa shape index (κ2) is 7.07. The van der Waals surface area contributed by atoms with Crippen molar-refractivity contribution in [3.63, 3.8) is 0 Å². The number of imide groups is 1. The summed E-state index contributed by atoms with van der Waals surface area (Å²) in [7, 11) is 1.67. The van der Waals surface area contributed by atoms with Crippen LogP contribution >= 0.6 is 11.6 Å². The maximum atomic E-state index is 12.3. The summed E-state index contributed by atoms with van der Waals surface area (Å²) in [5.74, 6) is -0.846. The van der Waals surface area contributed by atoms with Crippen molar-refractivity contribution in [2.75, 3.05) is 13.6 Å². The van der Waals surface area contributed by atoms with E-state index in [4.69, 9.17) is 11.6 Å². The van der Waals surface area contributed by atoms with Crippen molar-refractivity contribution in [1.82, 2.24) is 9.80 Å². The molecule has 0 unspecified atom stereocenters. The minimum absolute atomic E-state index is 0.0675. The molecule has 0 spiro atoms. The number of carbonyl (C=O) groups excluding carboxylic acids is 3. The first-order chi connectivity index (χ1) is 12.0. The second-order valence-electron chi connectivity index (χ2n) is 5.90. The number of fused-ring (bicyclic) bond motifs is 1. The first-order valence-corrected chi connectivity index (χ1v) is 8.29. The fraction of sp³-hybridized carbons (Fsp3) is 0.211. The third-order valence-corrected chi connectivity index (χ3v) is 4.59. The van der Waals surface area contributed by atoms with E-state index in [1.807, 2.05) is 18.2 Å². The zero-order chi connectivity index (χ0) is 18.0. The summed E-state index contributed by atoms with van der Waals surface area (Å²) < 4.78 is 0. The molecule has 5 nitrogen and oxygen atoms in total. The minimum Gasteiger partial charge on any atom is -0.341 e. The molecule has 3 rings (SSSR count). The van der Waals surface area contributed by atoms with Gasteiger partial charge in [-0.25, -0.2) is 0 Å². The molecule has 0 saturated carbocycles. The van der Waals surface area contributed by atoms with E-state index in [1.165, 1.54) is 0 Å². The molecule has 0 aromatic heterocycles. The lowest BCUT2D eigenvalue weighted by molar-refractivity contribution is -0.130. The van der Waals surface area contributed by atoms with Gasteiger partial charge in [0, 0.05) is 31.6 Å². The van der Waals surface area contributed by atoms with Crippen LogP contribution in [-0.2, 0) is 11.3 Å². The highest BCUT2D eigenvalue weighted by molar-refractivity contribution is 6.31. The van der Waals surface area contributed by atoms with Crippen LogP contribution in [0.3, 0.4) is 0 Å². The van der Waals surface area contributed by atoms with Gasteiger partial charge in [0.05, 0.1) is 11.1 Å². The number of hydrogen-bond acceptors (Lipinski definition) is 3. The highest BCUT2D eigenvalue weighted by atomic mass is 35.5. The Bertz CT molecular complexity index is 815. The summed E-state index contributed by atoms with van der Waals surface area (Å²) >= 11 is 6.11. The van der Waals surface area contributed by atoms with Gasteiger partial charge in [-0.1, -0.05) is 41.9 Å². The highest BCUT2D eigenvalue weighted by Crippen LogP contribution is 2.23. The van der Waals surface area contributed by atoms with E-state index in [1.54, 1.807) is 42.3 Å². The molecule has 0 N–H and O–H groups in total. The lowest BCUT2D eigenvalue weighted by Crippen LogP contribution is -2.35. The summed E-state index contributed by atoms with van der Waals surface area (Å²) in [5.41, 5.74) is 1.63. The molecule has 0 aliphatic carbocycles. The number of nitrogens with zero attached hydrogens (tertiary/aromatic N) is 2. The largest absolute Gasteiger partial charge is 0.341 e. The van der Waals surface area contributed by atoms with Gasteiger partial charge in [0.1, 0.15) is 0 Å². The predicted molar refractivity (Wildman–Crippen MR) is 94.4 cm³/mol. The van der Waals surface area contributed by atoms with Crippen molar-refractivity contribution >= 4 is 29.3 Å². The molecular weight excluding hydrogens is 340 g/mol. The number of carbonyl (C=O) groups is 3. The molecule has 128 valence electrons. The summed E-state index contributed by atoms with van der Waals surface area (Å²) in [6, 6.07) is 14.0. The maximum Gasteiger partial charge on any atom is 0.261 e. The second-order valence-corrected chi connectivity index (χ2v) is 6.31. The molecular formula is C19H17ClN2O3. The van der Waals surface area contributed by atoms with Crippen molar-refractivity contribution in [3.8, 4) is 0 Å². The van der Waals surface area contributed by atoms with E-state index < -0.39 is 0 Å². The summed E-state index contributed by atoms with van der Waals surface area (Å²) in [6.07, 6.45) is 0.0758. The van der Waals surface area contributed by atoms with Crippen LogP contribution in [0.1, 0.15) is 32.7 Å². The Morgan fingerprint density at radius 3 is 2.16 bits per heavy atom. The van der Waals surface area contributed by atoms with Crippen LogP contribution in [0.5, 0.6) is 0 Å². The maximum absolute atomic E-state index is 12.3. The van der Waals surface area contributed by atoms with Gasteiger partial charge in [-0.3, -0.25) is 19.3 Å². The van der Waals surface area contributed by atoms with Gasteiger partial charge >= 0.3 is 0 Å². The normalized spacial score (nSPS) is 13.1. The zero-order valence-electron chi connectivity index (χ0n) is 13.7. The molecule has 0 fully saturated rings. The lowest BCUT2D eigenvalue weighted by atomic mass is 10.1. The van der Waals surface area contributed by atoms with Crippen LogP contribution < -0.4 is 0 Å². The zero-order valence-corrected chi connectivity index (χ0v) is 14.5. The van der Waals surface area contributed by atoms with Crippen LogP contribution in [0.4, 0.5) is 0 Å². The van der Waals surface area contributed by atoms with E-state index in [2.05, 4.69) is 0 Å². The van der Waals surface area contributed by atoms with Crippen LogP contribution in [0, 0.1) is 0 Å². The van der Waals surface area contributed by atoms with Gasteiger partial charge in [0.15, 0.2) is 0 Å². The third-order valence-electron chi connectivity index (χ3n) is 4.22. The smallest absolute Gasteiger partial charge is 0.261 e. The van der Waals surface area contributed by atoms with Gasteiger partial charge in [0.2, 0.25) is 5.91 Å². The average molecular weight is 357 g/mol. The van der Waals surface area contributed by atoms with E-state index in [0.29, 0.717) is 22.7 Å². The monoisotopic (exact) mass is 356 g/mol. The highest BCUT2D eigenvalue weighted by Gasteiger charge is 2.35. The molecule has 1 heterocycles. The van der Waals surface area contributed by atoms with Crippen LogP contribution in [0.15, 0.2) is 48.5 Å². The van der Waals surface area contributed by atoms with Crippen molar-refractivity contribution < 1.29 is 14.4 Å². The van der Waals surface area contributed by atoms with E-state index in [9.17, 15) is 14.4 Å². The molecule has 2 aromatic rings. The molecule has 0 saturated heterocycles. The fourth-order valence-electron chi connectivity index (χ4n) is 2.81. The molecule has 1 aliphatic heterocycles. The molecule has 25 heavy (non-hydrogen) atoms. The lowest BCUT2D eigenvalue weighted by Gasteiger charge is -2.20. The summed E-state index contributed by atoms with van der Waals surface area (Å²) in [6.45, 7) is 0.443. The molecule has 0 bridgehead atoms. The van der Waals surface area contributed by atoms with Gasteiger partial charge in [0.25, 0.3) is 11.8 Å². The topological polar surface area (TPSA) is 57.7 Å². The Labute approximate surface area is 150 Å². The van der Waals surface area contributed by atoms with E-state index in [-0.39, 0.29) is 30.7 Å². The average Bonchev–Trinajstić information content (AvgIpc) is 2.86. The first kappa shape index (κ1) is 17.2. The number of amides is 3. The van der Waals surface area contributed by atoms with Gasteiger partial charge in [-0.05, 0) is 23.8 Å². The minimum atomic E-state index is -0.345.